The van der Waals surface area contributed by atoms with Crippen LogP contribution in [-0.4, -0.2) is 28.1 Å². The number of hydrogen-bond acceptors (Lipinski definition) is 4. The third-order valence-electron chi connectivity index (χ3n) is 2.86. The molecule has 4 nitrogen and oxygen atoms in total. The highest BCUT2D eigenvalue weighted by Crippen LogP contribution is 2.18. The molecule has 0 aliphatic carbocycles. The van der Waals surface area contributed by atoms with Crippen molar-refractivity contribution >= 4 is 21.7 Å². The minimum atomic E-state index is 0.342. The van der Waals surface area contributed by atoms with E-state index in [1.807, 2.05) is 6.07 Å². The van der Waals surface area contributed by atoms with E-state index >= 15 is 0 Å². The van der Waals surface area contributed by atoms with E-state index in [-0.39, 0.29) is 0 Å². The molecular formula is C12H19BrN4. The van der Waals surface area contributed by atoms with Crippen LogP contribution in [0.5, 0.6) is 0 Å². The molecule has 94 valence electrons. The fourth-order valence-corrected chi connectivity index (χ4v) is 2.32. The van der Waals surface area contributed by atoms with Crippen molar-refractivity contribution in [3.05, 3.63) is 16.5 Å². The van der Waals surface area contributed by atoms with Gasteiger partial charge in [0.2, 0.25) is 0 Å². The summed E-state index contributed by atoms with van der Waals surface area (Å²) in [5, 5.41) is 2.24. The Hall–Kier alpha value is -0.680. The lowest BCUT2D eigenvalue weighted by molar-refractivity contribution is 0.272. The molecule has 0 radical (unpaired) electrons. The molecule has 0 spiro atoms. The van der Waals surface area contributed by atoms with Crippen LogP contribution >= 0.6 is 15.9 Å². The molecule has 1 aromatic heterocycles. The fourth-order valence-electron chi connectivity index (χ4n) is 1.92. The van der Waals surface area contributed by atoms with Crippen LogP contribution in [0.2, 0.25) is 0 Å². The molecule has 0 unspecified atom stereocenters. The summed E-state index contributed by atoms with van der Waals surface area (Å²) in [5.74, 6) is 2.10. The van der Waals surface area contributed by atoms with E-state index in [1.54, 1.807) is 0 Å². The summed E-state index contributed by atoms with van der Waals surface area (Å²) in [5.41, 5.74) is 3.37. The Kier molecular flexibility index (Phi) is 4.34. The Morgan fingerprint density at radius 2 is 1.94 bits per heavy atom. The average Bonchev–Trinajstić information content (AvgIpc) is 2.29. The molecule has 2 rings (SSSR count). The molecule has 1 fully saturated rings. The predicted molar refractivity (Wildman–Crippen MR) is 72.9 cm³/mol. The van der Waals surface area contributed by atoms with Crippen molar-refractivity contribution in [2.45, 2.75) is 39.0 Å². The molecule has 17 heavy (non-hydrogen) atoms. The summed E-state index contributed by atoms with van der Waals surface area (Å²) in [6.07, 6.45) is 3.86. The first-order chi connectivity index (χ1) is 8.15. The number of piperidine rings is 1. The zero-order valence-corrected chi connectivity index (χ0v) is 12.0. The van der Waals surface area contributed by atoms with Gasteiger partial charge in [-0.3, -0.25) is 0 Å². The van der Waals surface area contributed by atoms with E-state index in [1.165, 1.54) is 19.3 Å². The molecule has 1 saturated heterocycles. The van der Waals surface area contributed by atoms with Gasteiger partial charge in [-0.15, -0.1) is 0 Å². The molecule has 5 heteroatoms. The predicted octanol–water partition coefficient (Wildman–Crippen LogP) is 3.18. The van der Waals surface area contributed by atoms with Gasteiger partial charge in [0, 0.05) is 25.1 Å². The number of rotatable bonds is 3. The van der Waals surface area contributed by atoms with Crippen LogP contribution in [0.4, 0.5) is 5.82 Å². The van der Waals surface area contributed by atoms with Gasteiger partial charge in [0.15, 0.2) is 0 Å². The van der Waals surface area contributed by atoms with Crippen molar-refractivity contribution in [3.63, 3.8) is 0 Å². The summed E-state index contributed by atoms with van der Waals surface area (Å²) in [6.45, 7) is 6.40. The molecule has 2 heterocycles. The second-order valence-corrected chi connectivity index (χ2v) is 5.56. The highest BCUT2D eigenvalue weighted by atomic mass is 79.9. The lowest BCUT2D eigenvalue weighted by Gasteiger charge is -2.27. The van der Waals surface area contributed by atoms with Gasteiger partial charge in [-0.1, -0.05) is 20.3 Å². The second kappa shape index (κ2) is 5.78. The van der Waals surface area contributed by atoms with Gasteiger partial charge >= 0.3 is 0 Å². The van der Waals surface area contributed by atoms with Crippen molar-refractivity contribution in [3.8, 4) is 0 Å². The van der Waals surface area contributed by atoms with Crippen molar-refractivity contribution in [2.24, 2.45) is 0 Å². The van der Waals surface area contributed by atoms with Crippen LogP contribution in [0.25, 0.3) is 0 Å². The number of anilines is 1. The molecule has 1 aliphatic heterocycles. The molecule has 0 saturated carbocycles. The Morgan fingerprint density at radius 3 is 2.59 bits per heavy atom. The normalized spacial score (nSPS) is 17.4. The van der Waals surface area contributed by atoms with E-state index < -0.39 is 0 Å². The first-order valence-electron chi connectivity index (χ1n) is 6.21. The molecule has 0 amide bonds. The average molecular weight is 299 g/mol. The number of halogens is 1. The van der Waals surface area contributed by atoms with E-state index in [2.05, 4.69) is 50.2 Å². The van der Waals surface area contributed by atoms with Crippen LogP contribution in [0, 0.1) is 0 Å². The minimum Gasteiger partial charge on any atom is -0.303 e. The third-order valence-corrected chi connectivity index (χ3v) is 3.26. The number of nitrogens with zero attached hydrogens (tertiary/aromatic N) is 3. The van der Waals surface area contributed by atoms with E-state index in [4.69, 9.17) is 0 Å². The maximum Gasteiger partial charge on any atom is 0.145 e. The largest absolute Gasteiger partial charge is 0.303 e. The lowest BCUT2D eigenvalue weighted by atomic mass is 10.2. The quantitative estimate of drug-likeness (QED) is 0.870. The monoisotopic (exact) mass is 298 g/mol. The van der Waals surface area contributed by atoms with Crippen LogP contribution in [0.1, 0.15) is 44.9 Å². The van der Waals surface area contributed by atoms with Gasteiger partial charge in [0.25, 0.3) is 0 Å². The molecule has 0 atom stereocenters. The summed E-state index contributed by atoms with van der Waals surface area (Å²) < 4.78 is 0.843. The van der Waals surface area contributed by atoms with Crippen molar-refractivity contribution < 1.29 is 0 Å². The zero-order valence-electron chi connectivity index (χ0n) is 10.4. The number of aromatic nitrogens is 2. The highest BCUT2D eigenvalue weighted by molar-refractivity contribution is 9.10. The van der Waals surface area contributed by atoms with Crippen LogP contribution < -0.4 is 5.43 Å². The number of hydrazine groups is 1. The first-order valence-corrected chi connectivity index (χ1v) is 7.00. The molecule has 0 aromatic carbocycles. The molecular weight excluding hydrogens is 280 g/mol. The summed E-state index contributed by atoms with van der Waals surface area (Å²) in [7, 11) is 0. The maximum absolute atomic E-state index is 4.53. The first kappa shape index (κ1) is 12.8. The highest BCUT2D eigenvalue weighted by Gasteiger charge is 2.12. The van der Waals surface area contributed by atoms with E-state index in [9.17, 15) is 0 Å². The van der Waals surface area contributed by atoms with Crippen molar-refractivity contribution in [2.75, 3.05) is 18.5 Å². The van der Waals surface area contributed by atoms with E-state index in [0.717, 1.165) is 29.3 Å². The molecule has 1 N–H and O–H groups in total. The Labute approximate surface area is 111 Å². The maximum atomic E-state index is 4.53. The summed E-state index contributed by atoms with van der Waals surface area (Å²) in [6, 6.07) is 1.93. The van der Waals surface area contributed by atoms with Gasteiger partial charge in [-0.25, -0.2) is 15.0 Å². The van der Waals surface area contributed by atoms with Crippen LogP contribution in [0.3, 0.4) is 0 Å². The second-order valence-electron chi connectivity index (χ2n) is 4.75. The molecule has 1 aliphatic rings. The lowest BCUT2D eigenvalue weighted by Crippen LogP contribution is -2.35. The minimum absolute atomic E-state index is 0.342. The topological polar surface area (TPSA) is 41.1 Å². The van der Waals surface area contributed by atoms with Crippen molar-refractivity contribution in [1.82, 2.24) is 15.0 Å². The standard InChI is InChI=1S/C12H19BrN4/c1-9(2)12-14-10(13)8-11(15-12)16-17-6-4-3-5-7-17/h8-9H,3-7H2,1-2H3,(H,14,15,16). The third kappa shape index (κ3) is 3.64. The van der Waals surface area contributed by atoms with Crippen LogP contribution in [0.15, 0.2) is 10.7 Å². The smallest absolute Gasteiger partial charge is 0.145 e. The van der Waals surface area contributed by atoms with Gasteiger partial charge < -0.3 is 5.43 Å². The summed E-state index contributed by atoms with van der Waals surface area (Å²) in [4.78, 5) is 8.91. The molecule has 0 bridgehead atoms. The van der Waals surface area contributed by atoms with Gasteiger partial charge in [0.05, 0.1) is 0 Å². The SMILES string of the molecule is CC(C)c1nc(Br)cc(NN2CCCCC2)n1. The van der Waals surface area contributed by atoms with Crippen molar-refractivity contribution in [1.29, 1.82) is 0 Å². The number of hydrogen-bond donors (Lipinski definition) is 1. The Balaban J connectivity index is 2.09. The fraction of sp³-hybridized carbons (Fsp3) is 0.667. The van der Waals surface area contributed by atoms with E-state index in [0.29, 0.717) is 5.92 Å². The van der Waals surface area contributed by atoms with Gasteiger partial charge in [-0.05, 0) is 28.8 Å². The summed E-state index contributed by atoms with van der Waals surface area (Å²) >= 11 is 3.44. The van der Waals surface area contributed by atoms with Gasteiger partial charge in [-0.2, -0.15) is 0 Å². The Morgan fingerprint density at radius 1 is 1.24 bits per heavy atom. The Bertz CT molecular complexity index is 375. The molecule has 1 aromatic rings. The van der Waals surface area contributed by atoms with Gasteiger partial charge in [0.1, 0.15) is 16.2 Å². The number of nitrogens with one attached hydrogen (secondary N) is 1. The zero-order chi connectivity index (χ0) is 12.3. The van der Waals surface area contributed by atoms with Crippen LogP contribution in [-0.2, 0) is 0 Å².